The molecule has 0 atom stereocenters. The molecule has 0 radical (unpaired) electrons. The summed E-state index contributed by atoms with van der Waals surface area (Å²) >= 11 is 1.79. The molecule has 1 spiro atoms. The maximum atomic E-state index is 11.1. The number of hydrogen-bond donors (Lipinski definition) is 1. The van der Waals surface area contributed by atoms with E-state index in [1.54, 1.807) is 11.8 Å². The normalized spacial score (nSPS) is 25.5. The van der Waals surface area contributed by atoms with Crippen LogP contribution in [0.1, 0.15) is 26.7 Å². The average Bonchev–Trinajstić information content (AvgIpc) is 2.57. The summed E-state index contributed by atoms with van der Waals surface area (Å²) in [5.41, 5.74) is 0. The molecule has 0 saturated carbocycles. The van der Waals surface area contributed by atoms with Crippen LogP contribution in [0, 0.1) is 0 Å². The largest absolute Gasteiger partial charge is 0.341 e. The number of amides is 1. The Hall–Kier alpha value is -0.220. The van der Waals surface area contributed by atoms with E-state index >= 15 is 0 Å². The molecule has 14 heavy (non-hydrogen) atoms. The predicted octanol–water partition coefficient (Wildman–Crippen LogP) is 1.30. The summed E-state index contributed by atoms with van der Waals surface area (Å²) in [5.74, 6) is 0.869. The number of rotatable bonds is 0. The van der Waals surface area contributed by atoms with Gasteiger partial charge in [-0.15, -0.1) is 11.8 Å². The number of carbonyl (C=O) groups excluding carboxylic acids is 1. The first-order valence-electron chi connectivity index (χ1n) is 5.34. The van der Waals surface area contributed by atoms with Crippen LogP contribution in [-0.4, -0.2) is 41.6 Å². The fourth-order valence-corrected chi connectivity index (χ4v) is 2.92. The van der Waals surface area contributed by atoms with Crippen molar-refractivity contribution < 1.29 is 4.79 Å². The van der Waals surface area contributed by atoms with Crippen molar-refractivity contribution in [3.05, 3.63) is 0 Å². The molecular formula is C10H20N2OS. The summed E-state index contributed by atoms with van der Waals surface area (Å²) in [6.07, 6.45) is 2.19. The lowest BCUT2D eigenvalue weighted by atomic mass is 10.1. The van der Waals surface area contributed by atoms with Gasteiger partial charge in [0, 0.05) is 13.1 Å². The molecule has 0 aromatic carbocycles. The molecule has 1 N–H and O–H groups in total. The standard InChI is InChI=1S/C8H14N2OS.C2H6/c1-10-4-2-8(3-5-10)9-7(11)6-12-8;1-2/h2-6H2,1H3,(H,9,11);1-2H3. The van der Waals surface area contributed by atoms with E-state index in [1.807, 2.05) is 13.8 Å². The molecule has 2 fully saturated rings. The molecule has 3 nitrogen and oxygen atoms in total. The lowest BCUT2D eigenvalue weighted by Crippen LogP contribution is -2.48. The number of piperidine rings is 1. The first kappa shape index (κ1) is 11.9. The van der Waals surface area contributed by atoms with E-state index in [1.165, 1.54) is 0 Å². The minimum Gasteiger partial charge on any atom is -0.341 e. The Kier molecular flexibility index (Phi) is 4.26. The third-order valence-electron chi connectivity index (χ3n) is 2.64. The van der Waals surface area contributed by atoms with Crippen molar-refractivity contribution in [3.63, 3.8) is 0 Å². The summed E-state index contributed by atoms with van der Waals surface area (Å²) in [6, 6.07) is 0. The summed E-state index contributed by atoms with van der Waals surface area (Å²) in [4.78, 5) is 13.5. The van der Waals surface area contributed by atoms with Gasteiger partial charge in [-0.1, -0.05) is 13.8 Å². The topological polar surface area (TPSA) is 32.3 Å². The van der Waals surface area contributed by atoms with E-state index in [0.29, 0.717) is 5.75 Å². The van der Waals surface area contributed by atoms with Gasteiger partial charge in [-0.05, 0) is 19.9 Å². The van der Waals surface area contributed by atoms with Gasteiger partial charge in [0.15, 0.2) is 0 Å². The van der Waals surface area contributed by atoms with Crippen LogP contribution in [-0.2, 0) is 4.79 Å². The highest BCUT2D eigenvalue weighted by atomic mass is 32.2. The molecule has 0 aromatic rings. The fourth-order valence-electron chi connectivity index (χ4n) is 1.78. The van der Waals surface area contributed by atoms with Crippen molar-refractivity contribution >= 4 is 17.7 Å². The van der Waals surface area contributed by atoms with Crippen LogP contribution in [0.25, 0.3) is 0 Å². The Morgan fingerprint density at radius 2 is 1.93 bits per heavy atom. The molecule has 2 aliphatic rings. The quantitative estimate of drug-likeness (QED) is 0.662. The highest BCUT2D eigenvalue weighted by Crippen LogP contribution is 2.36. The monoisotopic (exact) mass is 216 g/mol. The Balaban J connectivity index is 0.000000461. The summed E-state index contributed by atoms with van der Waals surface area (Å²) < 4.78 is 0. The highest BCUT2D eigenvalue weighted by Gasteiger charge is 2.40. The van der Waals surface area contributed by atoms with Crippen LogP contribution in [0.3, 0.4) is 0 Å². The fraction of sp³-hybridized carbons (Fsp3) is 0.900. The van der Waals surface area contributed by atoms with E-state index < -0.39 is 0 Å². The van der Waals surface area contributed by atoms with E-state index in [4.69, 9.17) is 0 Å². The summed E-state index contributed by atoms with van der Waals surface area (Å²) in [5, 5.41) is 3.09. The molecule has 0 aromatic heterocycles. The molecule has 2 saturated heterocycles. The zero-order chi connectivity index (χ0) is 10.6. The van der Waals surface area contributed by atoms with Crippen molar-refractivity contribution in [1.82, 2.24) is 10.2 Å². The maximum Gasteiger partial charge on any atom is 0.231 e. The predicted molar refractivity (Wildman–Crippen MR) is 61.4 cm³/mol. The molecule has 2 aliphatic heterocycles. The van der Waals surface area contributed by atoms with Gasteiger partial charge in [-0.2, -0.15) is 0 Å². The van der Waals surface area contributed by atoms with E-state index in [0.717, 1.165) is 25.9 Å². The minimum absolute atomic E-state index is 0.101. The molecule has 2 heterocycles. The zero-order valence-electron chi connectivity index (χ0n) is 9.30. The average molecular weight is 216 g/mol. The third-order valence-corrected chi connectivity index (χ3v) is 4.11. The lowest BCUT2D eigenvalue weighted by molar-refractivity contribution is -0.119. The highest BCUT2D eigenvalue weighted by molar-refractivity contribution is 8.01. The van der Waals surface area contributed by atoms with Gasteiger partial charge in [-0.3, -0.25) is 4.79 Å². The maximum absolute atomic E-state index is 11.1. The Bertz CT molecular complexity index is 200. The molecule has 4 heteroatoms. The molecule has 2 rings (SSSR count). The Morgan fingerprint density at radius 1 is 1.36 bits per heavy atom. The number of nitrogens with zero attached hydrogens (tertiary/aromatic N) is 1. The van der Waals surface area contributed by atoms with E-state index in [9.17, 15) is 4.79 Å². The summed E-state index contributed by atoms with van der Waals surface area (Å²) in [7, 11) is 2.13. The van der Waals surface area contributed by atoms with Crippen LogP contribution >= 0.6 is 11.8 Å². The van der Waals surface area contributed by atoms with Crippen LogP contribution in [0.4, 0.5) is 0 Å². The van der Waals surface area contributed by atoms with Gasteiger partial charge in [-0.25, -0.2) is 0 Å². The van der Waals surface area contributed by atoms with Gasteiger partial charge >= 0.3 is 0 Å². The Morgan fingerprint density at radius 3 is 2.36 bits per heavy atom. The number of nitrogens with one attached hydrogen (secondary N) is 1. The zero-order valence-corrected chi connectivity index (χ0v) is 10.1. The second-order valence-corrected chi connectivity index (χ2v) is 4.99. The number of thioether (sulfide) groups is 1. The molecule has 0 unspecified atom stereocenters. The van der Waals surface area contributed by atoms with Crippen molar-refractivity contribution in [3.8, 4) is 0 Å². The van der Waals surface area contributed by atoms with Gasteiger partial charge in [0.1, 0.15) is 0 Å². The van der Waals surface area contributed by atoms with Crippen molar-refractivity contribution in [2.45, 2.75) is 31.6 Å². The van der Waals surface area contributed by atoms with E-state index in [-0.39, 0.29) is 10.8 Å². The van der Waals surface area contributed by atoms with Gasteiger partial charge < -0.3 is 10.2 Å². The third kappa shape index (κ3) is 2.64. The molecule has 0 bridgehead atoms. The molecule has 82 valence electrons. The minimum atomic E-state index is 0.101. The van der Waals surface area contributed by atoms with Gasteiger partial charge in [0.05, 0.1) is 10.6 Å². The van der Waals surface area contributed by atoms with Crippen molar-refractivity contribution in [2.24, 2.45) is 0 Å². The van der Waals surface area contributed by atoms with Gasteiger partial charge in [0.25, 0.3) is 0 Å². The van der Waals surface area contributed by atoms with Crippen molar-refractivity contribution in [1.29, 1.82) is 0 Å². The van der Waals surface area contributed by atoms with Crippen LogP contribution in [0.5, 0.6) is 0 Å². The second kappa shape index (κ2) is 5.03. The second-order valence-electron chi connectivity index (χ2n) is 3.63. The lowest BCUT2D eigenvalue weighted by Gasteiger charge is -2.36. The number of likely N-dealkylation sites (tertiary alicyclic amines) is 1. The van der Waals surface area contributed by atoms with Gasteiger partial charge in [0.2, 0.25) is 5.91 Å². The number of hydrogen-bond acceptors (Lipinski definition) is 3. The van der Waals surface area contributed by atoms with Crippen LogP contribution in [0.2, 0.25) is 0 Å². The van der Waals surface area contributed by atoms with Crippen molar-refractivity contribution in [2.75, 3.05) is 25.9 Å². The first-order chi connectivity index (χ1) is 6.70. The van der Waals surface area contributed by atoms with Crippen LogP contribution < -0.4 is 5.32 Å². The number of carbonyl (C=O) groups is 1. The molecular weight excluding hydrogens is 196 g/mol. The first-order valence-corrected chi connectivity index (χ1v) is 6.32. The van der Waals surface area contributed by atoms with Crippen LogP contribution in [0.15, 0.2) is 0 Å². The SMILES string of the molecule is CC.CN1CCC2(CC1)NC(=O)CS2. The summed E-state index contributed by atoms with van der Waals surface area (Å²) in [6.45, 7) is 6.21. The van der Waals surface area contributed by atoms with E-state index in [2.05, 4.69) is 17.3 Å². The Labute approximate surface area is 90.6 Å². The molecule has 0 aliphatic carbocycles. The molecule has 1 amide bonds. The smallest absolute Gasteiger partial charge is 0.231 e.